The largest absolute Gasteiger partial charge is 0.496 e. The molecule has 0 aromatic heterocycles. The van der Waals surface area contributed by atoms with E-state index in [1.807, 2.05) is 0 Å². The summed E-state index contributed by atoms with van der Waals surface area (Å²) in [6.07, 6.45) is 2.33. The van der Waals surface area contributed by atoms with Gasteiger partial charge in [-0.2, -0.15) is 0 Å². The van der Waals surface area contributed by atoms with E-state index in [0.717, 1.165) is 18.8 Å². The molecule has 0 radical (unpaired) electrons. The first kappa shape index (κ1) is 14.9. The number of methoxy groups -OCH3 is 1. The molecule has 3 nitrogen and oxygen atoms in total. The molecular formula is C17H26N2O. The molecule has 0 saturated carbocycles. The van der Waals surface area contributed by atoms with Gasteiger partial charge in [0.25, 0.3) is 0 Å². The molecule has 0 spiro atoms. The minimum absolute atomic E-state index is 0.0330. The average molecular weight is 274 g/mol. The van der Waals surface area contributed by atoms with Crippen LogP contribution in [0.15, 0.2) is 18.2 Å². The first-order valence-corrected chi connectivity index (χ1v) is 7.26. The molecule has 2 rings (SSSR count). The summed E-state index contributed by atoms with van der Waals surface area (Å²) in [6, 6.07) is 4.43. The van der Waals surface area contributed by atoms with Crippen molar-refractivity contribution in [3.8, 4) is 5.75 Å². The third-order valence-corrected chi connectivity index (χ3v) is 4.18. The van der Waals surface area contributed by atoms with E-state index < -0.39 is 0 Å². The predicted octanol–water partition coefficient (Wildman–Crippen LogP) is 3.44. The van der Waals surface area contributed by atoms with Gasteiger partial charge < -0.3 is 15.0 Å². The van der Waals surface area contributed by atoms with E-state index in [2.05, 4.69) is 63.2 Å². The quantitative estimate of drug-likeness (QED) is 0.910. The van der Waals surface area contributed by atoms with Crippen molar-refractivity contribution in [1.29, 1.82) is 0 Å². The number of anilines is 1. The van der Waals surface area contributed by atoms with Gasteiger partial charge in [0.2, 0.25) is 0 Å². The van der Waals surface area contributed by atoms with Gasteiger partial charge in [-0.3, -0.25) is 0 Å². The Kier molecular flexibility index (Phi) is 4.09. The Morgan fingerprint density at radius 1 is 1.30 bits per heavy atom. The SMILES string of the molecule is CCNCc1cc2c(cc1OC)N(C)C(C)(C)C=C2C. The van der Waals surface area contributed by atoms with Crippen molar-refractivity contribution in [3.63, 3.8) is 0 Å². The molecule has 0 amide bonds. The molecule has 0 unspecified atom stereocenters. The lowest BCUT2D eigenvalue weighted by atomic mass is 9.88. The summed E-state index contributed by atoms with van der Waals surface area (Å²) in [5.74, 6) is 0.960. The molecule has 20 heavy (non-hydrogen) atoms. The first-order valence-electron chi connectivity index (χ1n) is 7.26. The lowest BCUT2D eigenvalue weighted by Crippen LogP contribution is -2.42. The van der Waals surface area contributed by atoms with Gasteiger partial charge in [-0.25, -0.2) is 0 Å². The monoisotopic (exact) mass is 274 g/mol. The van der Waals surface area contributed by atoms with Gasteiger partial charge in [-0.1, -0.05) is 13.0 Å². The zero-order valence-corrected chi connectivity index (χ0v) is 13.5. The van der Waals surface area contributed by atoms with Gasteiger partial charge in [0, 0.05) is 36.5 Å². The second-order valence-corrected chi connectivity index (χ2v) is 6.00. The molecule has 110 valence electrons. The van der Waals surface area contributed by atoms with Crippen LogP contribution < -0.4 is 15.0 Å². The number of benzene rings is 1. The number of fused-ring (bicyclic) bond motifs is 1. The van der Waals surface area contributed by atoms with Crippen LogP contribution in [0.4, 0.5) is 5.69 Å². The Bertz CT molecular complexity index is 532. The van der Waals surface area contributed by atoms with Crippen LogP contribution in [0, 0.1) is 0 Å². The van der Waals surface area contributed by atoms with Crippen LogP contribution >= 0.6 is 0 Å². The van der Waals surface area contributed by atoms with E-state index in [9.17, 15) is 0 Å². The van der Waals surface area contributed by atoms with E-state index in [-0.39, 0.29) is 5.54 Å². The normalized spacial score (nSPS) is 16.7. The highest BCUT2D eigenvalue weighted by atomic mass is 16.5. The Hall–Kier alpha value is -1.48. The van der Waals surface area contributed by atoms with Crippen molar-refractivity contribution in [2.45, 2.75) is 39.8 Å². The highest BCUT2D eigenvalue weighted by Gasteiger charge is 2.29. The maximum atomic E-state index is 5.57. The second-order valence-electron chi connectivity index (χ2n) is 6.00. The molecular weight excluding hydrogens is 248 g/mol. The summed E-state index contributed by atoms with van der Waals surface area (Å²) < 4.78 is 5.57. The summed E-state index contributed by atoms with van der Waals surface area (Å²) in [4.78, 5) is 2.31. The van der Waals surface area contributed by atoms with Crippen LogP contribution in [0.25, 0.3) is 5.57 Å². The number of nitrogens with zero attached hydrogens (tertiary/aromatic N) is 1. The standard InChI is InChI=1S/C17H26N2O/c1-7-18-11-13-8-14-12(2)10-17(3,4)19(5)15(14)9-16(13)20-6/h8-10,18H,7,11H2,1-6H3. The summed E-state index contributed by atoms with van der Waals surface area (Å²) in [6.45, 7) is 10.6. The minimum atomic E-state index is 0.0330. The van der Waals surface area contributed by atoms with Crippen molar-refractivity contribution in [3.05, 3.63) is 29.3 Å². The van der Waals surface area contributed by atoms with Gasteiger partial charge >= 0.3 is 0 Å². The molecule has 1 aliphatic rings. The van der Waals surface area contributed by atoms with Crippen LogP contribution in [0.3, 0.4) is 0 Å². The maximum Gasteiger partial charge on any atom is 0.125 e. The molecule has 0 bridgehead atoms. The molecule has 0 fully saturated rings. The van der Waals surface area contributed by atoms with Crippen molar-refractivity contribution in [2.24, 2.45) is 0 Å². The highest BCUT2D eigenvalue weighted by molar-refractivity contribution is 5.82. The highest BCUT2D eigenvalue weighted by Crippen LogP contribution is 2.41. The number of nitrogens with one attached hydrogen (secondary N) is 1. The Morgan fingerprint density at radius 3 is 2.60 bits per heavy atom. The van der Waals surface area contributed by atoms with Crippen molar-refractivity contribution in [1.82, 2.24) is 5.32 Å². The van der Waals surface area contributed by atoms with Gasteiger partial charge in [0.1, 0.15) is 5.75 Å². The fourth-order valence-corrected chi connectivity index (χ4v) is 2.81. The fourth-order valence-electron chi connectivity index (χ4n) is 2.81. The van der Waals surface area contributed by atoms with E-state index in [4.69, 9.17) is 4.74 Å². The molecule has 3 heteroatoms. The Labute approximate surface area is 122 Å². The summed E-state index contributed by atoms with van der Waals surface area (Å²) in [5, 5.41) is 3.38. The number of ether oxygens (including phenoxy) is 1. The molecule has 1 aliphatic heterocycles. The summed E-state index contributed by atoms with van der Waals surface area (Å²) >= 11 is 0. The van der Waals surface area contributed by atoms with Gasteiger partial charge in [0.05, 0.1) is 12.6 Å². The van der Waals surface area contributed by atoms with E-state index in [0.29, 0.717) is 0 Å². The molecule has 1 aromatic rings. The number of hydrogen-bond acceptors (Lipinski definition) is 3. The number of rotatable bonds is 4. The van der Waals surface area contributed by atoms with Gasteiger partial charge in [-0.05, 0) is 39.0 Å². The van der Waals surface area contributed by atoms with Crippen molar-refractivity contribution in [2.75, 3.05) is 25.6 Å². The molecule has 0 atom stereocenters. The summed E-state index contributed by atoms with van der Waals surface area (Å²) in [5.41, 5.74) is 5.13. The van der Waals surface area contributed by atoms with E-state index in [1.165, 1.54) is 22.4 Å². The second kappa shape index (κ2) is 5.49. The van der Waals surface area contributed by atoms with Crippen molar-refractivity contribution < 1.29 is 4.74 Å². The van der Waals surface area contributed by atoms with Crippen LogP contribution in [0.5, 0.6) is 5.75 Å². The first-order chi connectivity index (χ1) is 9.40. The van der Waals surface area contributed by atoms with Crippen LogP contribution in [-0.4, -0.2) is 26.2 Å². The molecule has 0 saturated heterocycles. The zero-order valence-electron chi connectivity index (χ0n) is 13.5. The predicted molar refractivity (Wildman–Crippen MR) is 86.5 cm³/mol. The maximum absolute atomic E-state index is 5.57. The molecule has 1 aromatic carbocycles. The number of allylic oxidation sites excluding steroid dienone is 1. The lowest BCUT2D eigenvalue weighted by Gasteiger charge is -2.41. The fraction of sp³-hybridized carbons (Fsp3) is 0.529. The third kappa shape index (κ3) is 2.55. The van der Waals surface area contributed by atoms with Crippen LogP contribution in [0.1, 0.15) is 38.8 Å². The topological polar surface area (TPSA) is 24.5 Å². The van der Waals surface area contributed by atoms with Gasteiger partial charge in [-0.15, -0.1) is 0 Å². The number of hydrogen-bond donors (Lipinski definition) is 1. The zero-order chi connectivity index (χ0) is 14.9. The molecule has 1 heterocycles. The Morgan fingerprint density at radius 2 is 2.00 bits per heavy atom. The lowest BCUT2D eigenvalue weighted by molar-refractivity contribution is 0.407. The molecule has 1 N–H and O–H groups in total. The molecule has 0 aliphatic carbocycles. The van der Waals surface area contributed by atoms with Crippen LogP contribution in [-0.2, 0) is 6.54 Å². The Balaban J connectivity index is 2.52. The smallest absolute Gasteiger partial charge is 0.125 e. The van der Waals surface area contributed by atoms with E-state index >= 15 is 0 Å². The average Bonchev–Trinajstić information content (AvgIpc) is 2.41. The van der Waals surface area contributed by atoms with Crippen molar-refractivity contribution >= 4 is 11.3 Å². The minimum Gasteiger partial charge on any atom is -0.496 e. The third-order valence-electron chi connectivity index (χ3n) is 4.18. The van der Waals surface area contributed by atoms with E-state index in [1.54, 1.807) is 7.11 Å². The number of likely N-dealkylation sites (N-methyl/N-ethyl adjacent to an activating group) is 1. The van der Waals surface area contributed by atoms with Crippen LogP contribution in [0.2, 0.25) is 0 Å². The van der Waals surface area contributed by atoms with Gasteiger partial charge in [0.15, 0.2) is 0 Å². The summed E-state index contributed by atoms with van der Waals surface area (Å²) in [7, 11) is 3.89.